The lowest BCUT2D eigenvalue weighted by Crippen LogP contribution is -2.31. The van der Waals surface area contributed by atoms with E-state index in [1.54, 1.807) is 0 Å². The number of rotatable bonds is 8. The van der Waals surface area contributed by atoms with Gasteiger partial charge in [0.05, 0.1) is 12.0 Å². The second-order valence-electron chi connectivity index (χ2n) is 6.86. The summed E-state index contributed by atoms with van der Waals surface area (Å²) >= 11 is 0. The molecule has 2 aromatic rings. The number of benzene rings is 1. The molecule has 0 amide bonds. The van der Waals surface area contributed by atoms with Gasteiger partial charge in [0.25, 0.3) is 0 Å². The van der Waals surface area contributed by atoms with Gasteiger partial charge in [0.15, 0.2) is 11.6 Å². The van der Waals surface area contributed by atoms with Crippen LogP contribution in [0.1, 0.15) is 25.0 Å². The van der Waals surface area contributed by atoms with Gasteiger partial charge in [-0.25, -0.2) is 22.5 Å². The number of piperidine rings is 1. The normalized spacial score (nSPS) is 14.7. The van der Waals surface area contributed by atoms with Gasteiger partial charge in [-0.2, -0.15) is 4.98 Å². The summed E-state index contributed by atoms with van der Waals surface area (Å²) in [5, 5.41) is 3.05. The van der Waals surface area contributed by atoms with Crippen LogP contribution in [-0.4, -0.2) is 51.7 Å². The van der Waals surface area contributed by atoms with Crippen LogP contribution >= 0.6 is 0 Å². The minimum atomic E-state index is -3.83. The van der Waals surface area contributed by atoms with Crippen molar-refractivity contribution in [2.24, 2.45) is 0 Å². The quantitative estimate of drug-likeness (QED) is 0.629. The van der Waals surface area contributed by atoms with E-state index in [0.29, 0.717) is 12.5 Å². The Labute approximate surface area is 170 Å². The Morgan fingerprint density at radius 1 is 1.14 bits per heavy atom. The van der Waals surface area contributed by atoms with Crippen LogP contribution in [-0.2, 0) is 10.0 Å². The highest BCUT2D eigenvalue weighted by atomic mass is 32.2. The molecule has 0 radical (unpaired) electrons. The van der Waals surface area contributed by atoms with Crippen LogP contribution < -0.4 is 19.7 Å². The predicted octanol–water partition coefficient (Wildman–Crippen LogP) is 2.31. The first-order valence-electron chi connectivity index (χ1n) is 9.57. The van der Waals surface area contributed by atoms with Crippen LogP contribution in [0.2, 0.25) is 0 Å². The van der Waals surface area contributed by atoms with Crippen molar-refractivity contribution in [1.29, 1.82) is 0 Å². The summed E-state index contributed by atoms with van der Waals surface area (Å²) in [7, 11) is -2.51. The average Bonchev–Trinajstić information content (AvgIpc) is 2.71. The maximum Gasteiger partial charge on any atom is 0.240 e. The molecule has 10 heteroatoms. The number of hydrogen-bond acceptors (Lipinski definition) is 7. The summed E-state index contributed by atoms with van der Waals surface area (Å²) in [4.78, 5) is 11.0. The zero-order valence-electron chi connectivity index (χ0n) is 16.6. The molecular weight excluding hydrogens is 397 g/mol. The van der Waals surface area contributed by atoms with Crippen LogP contribution in [0.15, 0.2) is 29.2 Å². The fourth-order valence-electron chi connectivity index (χ4n) is 3.17. The molecule has 2 N–H and O–H groups in total. The maximum atomic E-state index is 13.8. The molecule has 0 aliphatic carbocycles. The van der Waals surface area contributed by atoms with Crippen molar-refractivity contribution >= 4 is 21.8 Å². The molecule has 1 aliphatic rings. The summed E-state index contributed by atoms with van der Waals surface area (Å²) in [6.07, 6.45) is 3.54. The molecule has 1 aromatic carbocycles. The number of sulfonamides is 1. The minimum Gasteiger partial charge on any atom is -0.494 e. The molecule has 0 bridgehead atoms. The number of anilines is 2. The van der Waals surface area contributed by atoms with E-state index in [9.17, 15) is 12.8 Å². The lowest BCUT2D eigenvalue weighted by molar-refractivity contribution is 0.385. The Bertz CT molecular complexity index is 949. The first kappa shape index (κ1) is 21.3. The molecule has 1 saturated heterocycles. The molecule has 158 valence electrons. The second kappa shape index (κ2) is 9.36. The van der Waals surface area contributed by atoms with Crippen LogP contribution in [0.5, 0.6) is 5.75 Å². The lowest BCUT2D eigenvalue weighted by atomic mass is 10.1. The van der Waals surface area contributed by atoms with Gasteiger partial charge in [-0.3, -0.25) is 0 Å². The molecule has 3 rings (SSSR count). The number of halogens is 1. The zero-order valence-corrected chi connectivity index (χ0v) is 17.4. The number of nitrogens with zero attached hydrogens (tertiary/aromatic N) is 3. The summed E-state index contributed by atoms with van der Waals surface area (Å²) < 4.78 is 45.7. The van der Waals surface area contributed by atoms with E-state index in [4.69, 9.17) is 4.74 Å². The Morgan fingerprint density at radius 2 is 1.90 bits per heavy atom. The topological polar surface area (TPSA) is 96.5 Å². The van der Waals surface area contributed by atoms with Gasteiger partial charge in [0, 0.05) is 37.9 Å². The van der Waals surface area contributed by atoms with Crippen LogP contribution in [0.3, 0.4) is 0 Å². The Balaban J connectivity index is 1.57. The van der Waals surface area contributed by atoms with Crippen LogP contribution in [0.25, 0.3) is 0 Å². The van der Waals surface area contributed by atoms with E-state index < -0.39 is 15.8 Å². The maximum absolute atomic E-state index is 13.8. The van der Waals surface area contributed by atoms with Gasteiger partial charge in [-0.15, -0.1) is 0 Å². The van der Waals surface area contributed by atoms with Crippen LogP contribution in [0.4, 0.5) is 16.2 Å². The third-order valence-electron chi connectivity index (χ3n) is 4.65. The van der Waals surface area contributed by atoms with Crippen molar-refractivity contribution in [3.05, 3.63) is 35.8 Å². The Morgan fingerprint density at radius 3 is 2.59 bits per heavy atom. The summed E-state index contributed by atoms with van der Waals surface area (Å²) in [5.74, 6) is 0.605. The Hall–Kier alpha value is -2.46. The molecule has 1 aromatic heterocycles. The van der Waals surface area contributed by atoms with E-state index in [2.05, 4.69) is 24.9 Å². The number of nitrogens with one attached hydrogen (secondary N) is 2. The highest BCUT2D eigenvalue weighted by molar-refractivity contribution is 7.89. The van der Waals surface area contributed by atoms with Gasteiger partial charge < -0.3 is 15.0 Å². The highest BCUT2D eigenvalue weighted by Gasteiger charge is 2.17. The van der Waals surface area contributed by atoms with Crippen molar-refractivity contribution < 1.29 is 17.5 Å². The number of methoxy groups -OCH3 is 1. The third kappa shape index (κ3) is 5.54. The van der Waals surface area contributed by atoms with Crippen molar-refractivity contribution in [2.75, 3.05) is 43.5 Å². The number of aromatic nitrogens is 2. The Kier molecular flexibility index (Phi) is 6.86. The monoisotopic (exact) mass is 423 g/mol. The fourth-order valence-corrected chi connectivity index (χ4v) is 4.22. The lowest BCUT2D eigenvalue weighted by Gasteiger charge is -2.28. The van der Waals surface area contributed by atoms with Crippen molar-refractivity contribution in [3.8, 4) is 5.75 Å². The second-order valence-corrected chi connectivity index (χ2v) is 8.63. The van der Waals surface area contributed by atoms with E-state index in [1.807, 2.05) is 13.0 Å². The number of hydrogen-bond donors (Lipinski definition) is 2. The molecule has 29 heavy (non-hydrogen) atoms. The fraction of sp³-hybridized carbons (Fsp3) is 0.474. The van der Waals surface area contributed by atoms with Crippen molar-refractivity contribution in [3.63, 3.8) is 0 Å². The minimum absolute atomic E-state index is 0.00766. The molecule has 8 nitrogen and oxygen atoms in total. The van der Waals surface area contributed by atoms with E-state index in [-0.39, 0.29) is 17.2 Å². The molecule has 2 heterocycles. The van der Waals surface area contributed by atoms with Gasteiger partial charge in [0.2, 0.25) is 16.0 Å². The third-order valence-corrected chi connectivity index (χ3v) is 6.11. The number of ether oxygens (including phenoxy) is 1. The summed E-state index contributed by atoms with van der Waals surface area (Å²) in [5.41, 5.74) is 0.845. The standard InChI is InChI=1S/C19H26FN5O3S/c1-14-12-18(25-10-4-3-5-11-25)24-19(23-14)21-8-9-22-29(26,27)15-6-7-17(28-2)16(20)13-15/h6-7,12-13,22H,3-5,8-11H2,1-2H3,(H,21,23,24). The van der Waals surface area contributed by atoms with Crippen molar-refractivity contribution in [1.82, 2.24) is 14.7 Å². The van der Waals surface area contributed by atoms with Gasteiger partial charge in [-0.05, 0) is 44.4 Å². The molecular formula is C19H26FN5O3S. The molecule has 0 saturated carbocycles. The SMILES string of the molecule is COc1ccc(S(=O)(=O)NCCNc2nc(C)cc(N3CCCCC3)n2)cc1F. The van der Waals surface area contributed by atoms with E-state index >= 15 is 0 Å². The first-order chi connectivity index (χ1) is 13.9. The molecule has 0 spiro atoms. The zero-order chi connectivity index (χ0) is 20.9. The van der Waals surface area contributed by atoms with Crippen LogP contribution in [0, 0.1) is 12.7 Å². The molecule has 0 unspecified atom stereocenters. The van der Waals surface area contributed by atoms with E-state index in [0.717, 1.165) is 43.5 Å². The number of aryl methyl sites for hydroxylation is 1. The summed E-state index contributed by atoms with van der Waals surface area (Å²) in [6.45, 7) is 4.26. The molecule has 1 fully saturated rings. The average molecular weight is 424 g/mol. The molecule has 1 aliphatic heterocycles. The molecule has 0 atom stereocenters. The van der Waals surface area contributed by atoms with Gasteiger partial charge >= 0.3 is 0 Å². The van der Waals surface area contributed by atoms with Gasteiger partial charge in [0.1, 0.15) is 5.82 Å². The predicted molar refractivity (Wildman–Crippen MR) is 109 cm³/mol. The van der Waals surface area contributed by atoms with Gasteiger partial charge in [-0.1, -0.05) is 0 Å². The first-order valence-corrected chi connectivity index (χ1v) is 11.0. The largest absolute Gasteiger partial charge is 0.494 e. The summed E-state index contributed by atoms with van der Waals surface area (Å²) in [6, 6.07) is 5.47. The van der Waals surface area contributed by atoms with E-state index in [1.165, 1.54) is 25.7 Å². The van der Waals surface area contributed by atoms with Crippen molar-refractivity contribution in [2.45, 2.75) is 31.1 Å². The smallest absolute Gasteiger partial charge is 0.240 e. The highest BCUT2D eigenvalue weighted by Crippen LogP contribution is 2.21.